The number of hydrogen-bond donors (Lipinski definition) is 2. The van der Waals surface area contributed by atoms with Crippen LogP contribution in [0.2, 0.25) is 13.6 Å². The van der Waals surface area contributed by atoms with Gasteiger partial charge < -0.3 is 0 Å². The topological polar surface area (TPSA) is 44.7 Å². The second-order valence-corrected chi connectivity index (χ2v) is 14.1. The summed E-state index contributed by atoms with van der Waals surface area (Å²) in [6.07, 6.45) is 8.12. The average Bonchev–Trinajstić information content (AvgIpc) is 3.38. The maximum absolute atomic E-state index is 5.12. The van der Waals surface area contributed by atoms with Gasteiger partial charge in [-0.3, -0.25) is 10.6 Å². The van der Waals surface area contributed by atoms with Crippen molar-refractivity contribution in [1.29, 1.82) is 0 Å². The molecule has 2 atom stereocenters. The monoisotopic (exact) mass is 553 g/mol. The average molecular weight is 553 g/mol. The number of fused-ring (bicyclic) bond motifs is 1. The van der Waals surface area contributed by atoms with Crippen LogP contribution in [0.25, 0.3) is 11.1 Å². The Morgan fingerprint density at radius 2 is 1.14 bits per heavy atom. The van der Waals surface area contributed by atoms with Gasteiger partial charge in [0.1, 0.15) is 5.92 Å². The van der Waals surface area contributed by atoms with E-state index in [1.54, 1.807) is 0 Å². The Morgan fingerprint density at radius 3 is 1.65 bits per heavy atom. The lowest BCUT2D eigenvalue weighted by molar-refractivity contribution is -0.889. The summed E-state index contributed by atoms with van der Waals surface area (Å²) in [5.74, 6) is 1.54. The highest BCUT2D eigenvalue weighted by atomic mass is 15.4. The van der Waals surface area contributed by atoms with Crippen molar-refractivity contribution in [2.45, 2.75) is 43.7 Å². The molecule has 1 aromatic heterocycles. The zero-order valence-corrected chi connectivity index (χ0v) is 24.3. The quantitative estimate of drug-likeness (QED) is 0.223. The predicted octanol–water partition coefficient (Wildman–Crippen LogP) is 1.70. The first-order chi connectivity index (χ1) is 21.1. The van der Waals surface area contributed by atoms with Crippen LogP contribution in [0.3, 0.4) is 0 Å². The van der Waals surface area contributed by atoms with Gasteiger partial charge in [0.05, 0.1) is 4.98 Å². The van der Waals surface area contributed by atoms with E-state index in [1.165, 1.54) is 83.5 Å². The summed E-state index contributed by atoms with van der Waals surface area (Å²) in [6, 6.07) is 23.8. The molecule has 7 aliphatic rings. The number of nitrogens with zero attached hydrogens (tertiary/aromatic N) is 3. The van der Waals surface area contributed by atoms with E-state index in [0.717, 1.165) is 25.7 Å². The Kier molecular flexibility index (Phi) is 3.58. The number of hydrogen-bond acceptors (Lipinski definition) is 3. The molecule has 5 nitrogen and oxygen atoms in total. The van der Waals surface area contributed by atoms with Crippen LogP contribution in [0.1, 0.15) is 67.4 Å². The molecule has 0 saturated carbocycles. The van der Waals surface area contributed by atoms with E-state index in [0.29, 0.717) is 13.4 Å². The second-order valence-electron chi connectivity index (χ2n) is 14.1. The first kappa shape index (κ1) is 22.5. The van der Waals surface area contributed by atoms with Gasteiger partial charge in [0, 0.05) is 22.3 Å². The van der Waals surface area contributed by atoms with Crippen molar-refractivity contribution >= 4 is 24.4 Å². The van der Waals surface area contributed by atoms with E-state index >= 15 is 0 Å². The highest BCUT2D eigenvalue weighted by molar-refractivity contribution is 6.73. The summed E-state index contributed by atoms with van der Waals surface area (Å²) < 4.78 is 5.16. The molecular weight excluding hydrogens is 524 g/mol. The highest BCUT2D eigenvalue weighted by Crippen LogP contribution is 2.60. The molecule has 43 heavy (non-hydrogen) atoms. The van der Waals surface area contributed by atoms with Gasteiger partial charge in [0.15, 0.2) is 13.4 Å². The Balaban J connectivity index is 1.32. The Hall–Kier alpha value is -4.06. The lowest BCUT2D eigenvalue weighted by Crippen LogP contribution is -2.84. The molecular formula is C36H29B2N5+2. The molecule has 0 amide bonds. The maximum atomic E-state index is 5.12. The van der Waals surface area contributed by atoms with Crippen molar-refractivity contribution < 1.29 is 9.13 Å². The van der Waals surface area contributed by atoms with Crippen molar-refractivity contribution in [2.24, 2.45) is 0 Å². The molecule has 0 radical (unpaired) electrons. The van der Waals surface area contributed by atoms with Crippen LogP contribution in [0.5, 0.6) is 0 Å². The van der Waals surface area contributed by atoms with E-state index in [-0.39, 0.29) is 5.92 Å². The summed E-state index contributed by atoms with van der Waals surface area (Å²) in [6.45, 7) is 5.66. The minimum Gasteiger partial charge on any atom is -0.268 e. The van der Waals surface area contributed by atoms with Crippen molar-refractivity contribution in [3.05, 3.63) is 135 Å². The van der Waals surface area contributed by atoms with Crippen LogP contribution >= 0.6 is 0 Å². The minimum absolute atomic E-state index is 0.193. The van der Waals surface area contributed by atoms with E-state index in [2.05, 4.69) is 107 Å². The molecule has 12 rings (SSSR count). The van der Waals surface area contributed by atoms with Crippen LogP contribution in [0.4, 0.5) is 0 Å². The smallest absolute Gasteiger partial charge is 0.268 e. The molecule has 4 aliphatic heterocycles. The van der Waals surface area contributed by atoms with E-state index in [9.17, 15) is 0 Å². The Labute approximate surface area is 251 Å². The molecule has 0 saturated heterocycles. The minimum atomic E-state index is -0.475. The van der Waals surface area contributed by atoms with Crippen molar-refractivity contribution in [1.82, 2.24) is 15.6 Å². The number of rotatable bonds is 0. The van der Waals surface area contributed by atoms with E-state index < -0.39 is 11.3 Å². The highest BCUT2D eigenvalue weighted by Gasteiger charge is 2.68. The van der Waals surface area contributed by atoms with Crippen LogP contribution in [0, 0.1) is 0 Å². The molecule has 7 heteroatoms. The Bertz CT molecular complexity index is 2080. The molecule has 3 aliphatic carbocycles. The van der Waals surface area contributed by atoms with Crippen LogP contribution in [0.15, 0.2) is 73.3 Å². The molecule has 2 spiro atoms. The SMILES string of the molecule is CB1CNC23c4c(cccc41)Cc1ccc4c(c12)C1c2c-4ccc4c2C2(NCB(C)c5cccc(c52)C4)[n+]2cnc[n+]3c21. The Morgan fingerprint density at radius 1 is 0.651 bits per heavy atom. The van der Waals surface area contributed by atoms with Crippen molar-refractivity contribution in [3.63, 3.8) is 0 Å². The molecule has 4 aromatic carbocycles. The number of aromatic nitrogens is 3. The van der Waals surface area contributed by atoms with Gasteiger partial charge in [-0.15, -0.1) is 9.13 Å². The van der Waals surface area contributed by atoms with Crippen LogP contribution < -0.4 is 30.7 Å². The molecule has 0 bridgehead atoms. The van der Waals surface area contributed by atoms with Crippen LogP contribution in [-0.4, -0.2) is 31.3 Å². The molecule has 0 fully saturated rings. The normalized spacial score (nSPS) is 26.1. The summed E-state index contributed by atoms with van der Waals surface area (Å²) >= 11 is 0. The van der Waals surface area contributed by atoms with Gasteiger partial charge in [-0.1, -0.05) is 85.2 Å². The van der Waals surface area contributed by atoms with Gasteiger partial charge in [-0.2, -0.15) is 0 Å². The summed E-state index contributed by atoms with van der Waals surface area (Å²) in [5, 5.41) is 8.43. The second kappa shape index (κ2) is 6.85. The summed E-state index contributed by atoms with van der Waals surface area (Å²) in [5.41, 5.74) is 19.6. The molecule has 2 N–H and O–H groups in total. The summed E-state index contributed by atoms with van der Waals surface area (Å²) in [4.78, 5) is 5.12. The zero-order valence-electron chi connectivity index (χ0n) is 24.3. The number of benzene rings is 4. The van der Waals surface area contributed by atoms with Crippen molar-refractivity contribution in [2.75, 3.05) is 12.9 Å². The van der Waals surface area contributed by atoms with Crippen LogP contribution in [-0.2, 0) is 24.2 Å². The molecule has 202 valence electrons. The van der Waals surface area contributed by atoms with Gasteiger partial charge in [-0.25, -0.2) is 0 Å². The van der Waals surface area contributed by atoms with Gasteiger partial charge in [0.2, 0.25) is 11.3 Å². The lowest BCUT2D eigenvalue weighted by Gasteiger charge is -2.50. The van der Waals surface area contributed by atoms with E-state index in [4.69, 9.17) is 4.98 Å². The fourth-order valence-electron chi connectivity index (χ4n) is 10.9. The standard InChI is InChI=1S/C36H29B2N5/c1-37-15-40-35-30-19(5-3-7-25(30)37)13-21-9-11-23-24-12-10-22-14-20-6-4-8-26-31(20)36(41-16-38(26)2)33(22)28(24)29(27(23)32(21)35)34-42(35)17-39-18-43(34)36/h3-12,17-18,29,40-41H,13-16H2,1-2H3/q+2. The third-order valence-electron chi connectivity index (χ3n) is 12.3. The van der Waals surface area contributed by atoms with Gasteiger partial charge in [0.25, 0.3) is 0 Å². The molecule has 5 heterocycles. The molecule has 2 unspecified atom stereocenters. The fraction of sp³-hybridized carbons (Fsp3) is 0.250. The van der Waals surface area contributed by atoms with Gasteiger partial charge >= 0.3 is 18.5 Å². The fourth-order valence-corrected chi connectivity index (χ4v) is 10.9. The number of nitrogens with one attached hydrogen (secondary N) is 2. The largest absolute Gasteiger partial charge is 0.360 e. The summed E-state index contributed by atoms with van der Waals surface area (Å²) in [7, 11) is 0. The maximum Gasteiger partial charge on any atom is 0.360 e. The first-order valence-corrected chi connectivity index (χ1v) is 16.0. The third kappa shape index (κ3) is 2.12. The van der Waals surface area contributed by atoms with E-state index in [1.807, 2.05) is 0 Å². The van der Waals surface area contributed by atoms with Crippen molar-refractivity contribution in [3.8, 4) is 11.1 Å². The molecule has 5 aromatic rings. The predicted molar refractivity (Wildman–Crippen MR) is 167 cm³/mol. The third-order valence-corrected chi connectivity index (χ3v) is 12.3. The zero-order chi connectivity index (χ0) is 28.0. The lowest BCUT2D eigenvalue weighted by atomic mass is 9.42. The van der Waals surface area contributed by atoms with Gasteiger partial charge in [-0.05, 0) is 70.2 Å². The first-order valence-electron chi connectivity index (χ1n) is 16.0.